The normalized spacial score (nSPS) is 10.2. The summed E-state index contributed by atoms with van der Waals surface area (Å²) in [4.78, 5) is 0. The second-order valence-corrected chi connectivity index (χ2v) is 4.26. The van der Waals surface area contributed by atoms with Crippen LogP contribution < -0.4 is 5.73 Å². The van der Waals surface area contributed by atoms with Gasteiger partial charge in [-0.2, -0.15) is 9.94 Å². The van der Waals surface area contributed by atoms with E-state index >= 15 is 0 Å². The van der Waals surface area contributed by atoms with Gasteiger partial charge in [0.15, 0.2) is 5.82 Å². The zero-order chi connectivity index (χ0) is 13.9. The van der Waals surface area contributed by atoms with Crippen molar-refractivity contribution < 1.29 is 0 Å². The maximum Gasteiger partial charge on any atom is 0.155 e. The van der Waals surface area contributed by atoms with Crippen LogP contribution in [0.3, 0.4) is 0 Å². The van der Waals surface area contributed by atoms with Crippen molar-refractivity contribution in [3.63, 3.8) is 0 Å². The Hall–Kier alpha value is -3.13. The Morgan fingerprint density at radius 2 is 1.85 bits per heavy atom. The van der Waals surface area contributed by atoms with Gasteiger partial charge in [-0.1, -0.05) is 41.6 Å². The maximum absolute atomic E-state index is 8.93. The summed E-state index contributed by atoms with van der Waals surface area (Å²) in [6.45, 7) is 0. The molecule has 0 saturated heterocycles. The van der Waals surface area contributed by atoms with Crippen LogP contribution in [0.15, 0.2) is 54.6 Å². The summed E-state index contributed by atoms with van der Waals surface area (Å²) in [5, 5.41) is 17.1. The summed E-state index contributed by atoms with van der Waals surface area (Å²) in [5.41, 5.74) is 8.93. The van der Waals surface area contributed by atoms with Crippen LogP contribution in [0.1, 0.15) is 5.56 Å². The monoisotopic (exact) mass is 261 g/mol. The lowest BCUT2D eigenvalue weighted by molar-refractivity contribution is 0.810. The van der Waals surface area contributed by atoms with Crippen LogP contribution in [-0.4, -0.2) is 15.0 Å². The topological polar surface area (TPSA) is 80.5 Å². The molecular weight excluding hydrogens is 250 g/mol. The van der Waals surface area contributed by atoms with Crippen molar-refractivity contribution in [2.75, 3.05) is 5.73 Å². The van der Waals surface area contributed by atoms with E-state index in [1.54, 1.807) is 18.2 Å². The lowest BCUT2D eigenvalue weighted by Gasteiger charge is -2.03. The van der Waals surface area contributed by atoms with Crippen LogP contribution in [0.4, 0.5) is 5.82 Å². The molecule has 0 fully saturated rings. The van der Waals surface area contributed by atoms with Crippen molar-refractivity contribution in [2.24, 2.45) is 0 Å². The van der Waals surface area contributed by atoms with Gasteiger partial charge in [0.1, 0.15) is 5.69 Å². The Kier molecular flexibility index (Phi) is 2.90. The lowest BCUT2D eigenvalue weighted by Crippen LogP contribution is -2.02. The van der Waals surface area contributed by atoms with Crippen molar-refractivity contribution >= 4 is 5.82 Å². The third-order valence-electron chi connectivity index (χ3n) is 2.97. The predicted molar refractivity (Wildman–Crippen MR) is 75.9 cm³/mol. The molecule has 0 bridgehead atoms. The Morgan fingerprint density at radius 3 is 2.60 bits per heavy atom. The molecule has 0 aliphatic carbocycles. The van der Waals surface area contributed by atoms with E-state index in [4.69, 9.17) is 11.0 Å². The van der Waals surface area contributed by atoms with E-state index in [-0.39, 0.29) is 0 Å². The Bertz CT molecular complexity index is 784. The highest BCUT2D eigenvalue weighted by molar-refractivity contribution is 5.70. The number of rotatable bonds is 2. The van der Waals surface area contributed by atoms with Gasteiger partial charge in [-0.3, -0.25) is 0 Å². The van der Waals surface area contributed by atoms with Crippen molar-refractivity contribution in [3.05, 3.63) is 60.2 Å². The van der Waals surface area contributed by atoms with Gasteiger partial charge in [-0.05, 0) is 18.2 Å². The molecule has 0 atom stereocenters. The van der Waals surface area contributed by atoms with Gasteiger partial charge in [-0.15, -0.1) is 5.10 Å². The summed E-state index contributed by atoms with van der Waals surface area (Å²) < 4.78 is 1.53. The second-order valence-electron chi connectivity index (χ2n) is 4.26. The molecule has 96 valence electrons. The first-order valence-electron chi connectivity index (χ1n) is 6.07. The third kappa shape index (κ3) is 1.99. The molecule has 20 heavy (non-hydrogen) atoms. The first-order valence-corrected chi connectivity index (χ1v) is 6.07. The molecule has 2 N–H and O–H groups in total. The van der Waals surface area contributed by atoms with Crippen molar-refractivity contribution in [3.8, 4) is 23.0 Å². The fourth-order valence-corrected chi connectivity index (χ4v) is 1.99. The van der Waals surface area contributed by atoms with Crippen LogP contribution in [0.25, 0.3) is 16.9 Å². The number of nitriles is 1. The van der Waals surface area contributed by atoms with Gasteiger partial charge >= 0.3 is 0 Å². The van der Waals surface area contributed by atoms with E-state index in [0.29, 0.717) is 17.1 Å². The SMILES string of the molecule is N#Cc1cccc(-n2nnc(-c3ccccc3)c2N)c1. The van der Waals surface area contributed by atoms with E-state index in [9.17, 15) is 0 Å². The molecule has 2 aromatic carbocycles. The molecule has 0 unspecified atom stereocenters. The van der Waals surface area contributed by atoms with Gasteiger partial charge in [0.2, 0.25) is 0 Å². The Balaban J connectivity index is 2.09. The molecule has 1 aromatic heterocycles. The summed E-state index contributed by atoms with van der Waals surface area (Å²) in [7, 11) is 0. The van der Waals surface area contributed by atoms with Gasteiger partial charge < -0.3 is 5.73 Å². The quantitative estimate of drug-likeness (QED) is 0.768. The first-order chi connectivity index (χ1) is 9.79. The van der Waals surface area contributed by atoms with Gasteiger partial charge in [0.05, 0.1) is 17.3 Å². The number of benzene rings is 2. The lowest BCUT2D eigenvalue weighted by atomic mass is 10.1. The predicted octanol–water partition coefficient (Wildman–Crippen LogP) is 2.39. The van der Waals surface area contributed by atoms with Crippen molar-refractivity contribution in [1.29, 1.82) is 5.26 Å². The van der Waals surface area contributed by atoms with Crippen LogP contribution in [-0.2, 0) is 0 Å². The molecule has 0 amide bonds. The molecule has 3 aromatic rings. The fraction of sp³-hybridized carbons (Fsp3) is 0. The molecule has 0 aliphatic rings. The number of aromatic nitrogens is 3. The molecule has 5 heteroatoms. The number of nitrogen functional groups attached to an aromatic ring is 1. The summed E-state index contributed by atoms with van der Waals surface area (Å²) >= 11 is 0. The highest BCUT2D eigenvalue weighted by Crippen LogP contribution is 2.25. The van der Waals surface area contributed by atoms with Crippen molar-refractivity contribution in [2.45, 2.75) is 0 Å². The van der Waals surface area contributed by atoms with Crippen LogP contribution in [0.5, 0.6) is 0 Å². The molecule has 1 heterocycles. The van der Waals surface area contributed by atoms with E-state index < -0.39 is 0 Å². The van der Waals surface area contributed by atoms with Gasteiger partial charge in [0.25, 0.3) is 0 Å². The van der Waals surface area contributed by atoms with E-state index in [2.05, 4.69) is 16.4 Å². The Labute approximate surface area is 115 Å². The van der Waals surface area contributed by atoms with Crippen LogP contribution in [0, 0.1) is 11.3 Å². The number of hydrogen-bond acceptors (Lipinski definition) is 4. The number of hydrogen-bond donors (Lipinski definition) is 1. The highest BCUT2D eigenvalue weighted by Gasteiger charge is 2.12. The van der Waals surface area contributed by atoms with Crippen molar-refractivity contribution in [1.82, 2.24) is 15.0 Å². The van der Waals surface area contributed by atoms with Crippen LogP contribution in [0.2, 0.25) is 0 Å². The fourth-order valence-electron chi connectivity index (χ4n) is 1.99. The molecule has 0 aliphatic heterocycles. The zero-order valence-corrected chi connectivity index (χ0v) is 10.6. The minimum Gasteiger partial charge on any atom is -0.382 e. The summed E-state index contributed by atoms with van der Waals surface area (Å²) in [6.07, 6.45) is 0. The average molecular weight is 261 g/mol. The summed E-state index contributed by atoms with van der Waals surface area (Å²) in [5.74, 6) is 0.450. The number of nitrogens with zero attached hydrogens (tertiary/aromatic N) is 4. The summed E-state index contributed by atoms with van der Waals surface area (Å²) in [6, 6.07) is 18.8. The van der Waals surface area contributed by atoms with Gasteiger partial charge in [0, 0.05) is 5.56 Å². The van der Waals surface area contributed by atoms with Gasteiger partial charge in [-0.25, -0.2) is 0 Å². The molecule has 0 spiro atoms. The molecule has 0 saturated carbocycles. The molecule has 3 rings (SSSR count). The van der Waals surface area contributed by atoms with Crippen LogP contribution >= 0.6 is 0 Å². The standard InChI is InChI=1S/C15H11N5/c16-10-11-5-4-8-13(9-11)20-15(17)14(18-19-20)12-6-2-1-3-7-12/h1-9H,17H2. The smallest absolute Gasteiger partial charge is 0.155 e. The highest BCUT2D eigenvalue weighted by atomic mass is 15.5. The minimum absolute atomic E-state index is 0.450. The molecular formula is C15H11N5. The minimum atomic E-state index is 0.450. The van der Waals surface area contributed by atoms with E-state index in [1.807, 2.05) is 36.4 Å². The Morgan fingerprint density at radius 1 is 1.05 bits per heavy atom. The third-order valence-corrected chi connectivity index (χ3v) is 2.97. The largest absolute Gasteiger partial charge is 0.382 e. The maximum atomic E-state index is 8.93. The number of anilines is 1. The second kappa shape index (κ2) is 4.86. The average Bonchev–Trinajstić information content (AvgIpc) is 2.90. The van der Waals surface area contributed by atoms with E-state index in [1.165, 1.54) is 4.68 Å². The number of nitrogens with two attached hydrogens (primary N) is 1. The van der Waals surface area contributed by atoms with E-state index in [0.717, 1.165) is 11.3 Å². The first kappa shape index (κ1) is 11.9. The zero-order valence-electron chi connectivity index (χ0n) is 10.6. The molecule has 0 radical (unpaired) electrons. The molecule has 5 nitrogen and oxygen atoms in total.